The summed E-state index contributed by atoms with van der Waals surface area (Å²) >= 11 is 0. The van der Waals surface area contributed by atoms with E-state index in [9.17, 15) is 8.42 Å². The van der Waals surface area contributed by atoms with E-state index in [2.05, 4.69) is 9.44 Å². The zero-order valence-corrected chi connectivity index (χ0v) is 9.24. The molecular weight excluding hydrogens is 190 g/mol. The molecule has 5 nitrogen and oxygen atoms in total. The average Bonchev–Trinajstić information content (AvgIpc) is 2.02. The van der Waals surface area contributed by atoms with E-state index in [-0.39, 0.29) is 5.41 Å². The summed E-state index contributed by atoms with van der Waals surface area (Å²) in [5.74, 6) is 0. The normalized spacial score (nSPS) is 13.2. The minimum absolute atomic E-state index is 0.0985. The van der Waals surface area contributed by atoms with Gasteiger partial charge in [-0.3, -0.25) is 0 Å². The molecule has 0 aliphatic rings. The highest BCUT2D eigenvalue weighted by molar-refractivity contribution is 7.87. The Morgan fingerprint density at radius 1 is 1.38 bits per heavy atom. The summed E-state index contributed by atoms with van der Waals surface area (Å²) in [4.78, 5) is 0. The van der Waals surface area contributed by atoms with Crippen molar-refractivity contribution in [1.29, 1.82) is 0 Å². The summed E-state index contributed by atoms with van der Waals surface area (Å²) in [5, 5.41) is 0. The molecule has 0 radical (unpaired) electrons. The first-order valence-corrected chi connectivity index (χ1v) is 5.69. The van der Waals surface area contributed by atoms with Crippen LogP contribution in [-0.4, -0.2) is 28.6 Å². The second kappa shape index (κ2) is 4.90. The molecule has 0 heterocycles. The lowest BCUT2D eigenvalue weighted by Crippen LogP contribution is -2.40. The highest BCUT2D eigenvalue weighted by atomic mass is 32.2. The molecule has 4 N–H and O–H groups in total. The van der Waals surface area contributed by atoms with E-state index < -0.39 is 10.2 Å². The highest BCUT2D eigenvalue weighted by Crippen LogP contribution is 2.17. The van der Waals surface area contributed by atoms with E-state index >= 15 is 0 Å². The van der Waals surface area contributed by atoms with Gasteiger partial charge in [-0.1, -0.05) is 13.8 Å². The van der Waals surface area contributed by atoms with Gasteiger partial charge in [-0.2, -0.15) is 8.42 Å². The van der Waals surface area contributed by atoms with Crippen LogP contribution >= 0.6 is 0 Å². The van der Waals surface area contributed by atoms with Gasteiger partial charge in [-0.05, 0) is 18.4 Å². The van der Waals surface area contributed by atoms with Crippen LogP contribution in [0, 0.1) is 5.41 Å². The zero-order chi connectivity index (χ0) is 10.5. The molecule has 0 amide bonds. The standard InChI is InChI=1S/C7H19N3O2S/c1-7(2,4-5-8)6-10-13(11,12)9-3/h9-10H,4-6,8H2,1-3H3. The number of nitrogens with two attached hydrogens (primary N) is 1. The van der Waals surface area contributed by atoms with Gasteiger partial charge in [0.2, 0.25) is 0 Å². The van der Waals surface area contributed by atoms with E-state index in [0.29, 0.717) is 13.1 Å². The van der Waals surface area contributed by atoms with Gasteiger partial charge in [0.15, 0.2) is 0 Å². The smallest absolute Gasteiger partial charge is 0.276 e. The van der Waals surface area contributed by atoms with Crippen molar-refractivity contribution < 1.29 is 8.42 Å². The maximum atomic E-state index is 11.0. The summed E-state index contributed by atoms with van der Waals surface area (Å²) in [6.07, 6.45) is 0.791. The van der Waals surface area contributed by atoms with Gasteiger partial charge in [0.25, 0.3) is 10.2 Å². The van der Waals surface area contributed by atoms with Gasteiger partial charge >= 0.3 is 0 Å². The monoisotopic (exact) mass is 209 g/mol. The van der Waals surface area contributed by atoms with Crippen molar-refractivity contribution in [1.82, 2.24) is 9.44 Å². The molecule has 0 aromatic carbocycles. The van der Waals surface area contributed by atoms with Crippen molar-refractivity contribution in [2.75, 3.05) is 20.1 Å². The van der Waals surface area contributed by atoms with Crippen molar-refractivity contribution in [2.24, 2.45) is 11.1 Å². The van der Waals surface area contributed by atoms with Crippen LogP contribution in [0.2, 0.25) is 0 Å². The van der Waals surface area contributed by atoms with E-state index in [1.807, 2.05) is 13.8 Å². The lowest BCUT2D eigenvalue weighted by molar-refractivity contribution is 0.339. The van der Waals surface area contributed by atoms with Crippen LogP contribution in [0.4, 0.5) is 0 Å². The fraction of sp³-hybridized carbons (Fsp3) is 1.00. The lowest BCUT2D eigenvalue weighted by atomic mass is 9.90. The summed E-state index contributed by atoms with van der Waals surface area (Å²) in [5.41, 5.74) is 5.30. The molecule has 0 aliphatic carbocycles. The SMILES string of the molecule is CNS(=O)(=O)NCC(C)(C)CCN. The number of rotatable bonds is 6. The molecule has 80 valence electrons. The van der Waals surface area contributed by atoms with Gasteiger partial charge in [-0.25, -0.2) is 9.44 Å². The summed E-state index contributed by atoms with van der Waals surface area (Å²) in [7, 11) is -1.94. The van der Waals surface area contributed by atoms with Gasteiger partial charge in [0, 0.05) is 13.6 Å². The molecule has 0 spiro atoms. The fourth-order valence-electron chi connectivity index (χ4n) is 0.842. The topological polar surface area (TPSA) is 84.2 Å². The summed E-state index contributed by atoms with van der Waals surface area (Å²) in [6, 6.07) is 0. The van der Waals surface area contributed by atoms with Crippen molar-refractivity contribution in [3.63, 3.8) is 0 Å². The molecule has 0 saturated carbocycles. The molecule has 0 rings (SSSR count). The van der Waals surface area contributed by atoms with Crippen LogP contribution in [0.25, 0.3) is 0 Å². The highest BCUT2D eigenvalue weighted by Gasteiger charge is 2.19. The van der Waals surface area contributed by atoms with Crippen molar-refractivity contribution in [3.05, 3.63) is 0 Å². The Morgan fingerprint density at radius 2 is 1.92 bits per heavy atom. The van der Waals surface area contributed by atoms with Gasteiger partial charge in [-0.15, -0.1) is 0 Å². The van der Waals surface area contributed by atoms with Crippen molar-refractivity contribution >= 4 is 10.2 Å². The number of hydrogen-bond acceptors (Lipinski definition) is 3. The molecule has 0 aromatic heterocycles. The number of hydrogen-bond donors (Lipinski definition) is 3. The Morgan fingerprint density at radius 3 is 2.31 bits per heavy atom. The molecule has 13 heavy (non-hydrogen) atoms. The molecule has 0 aromatic rings. The van der Waals surface area contributed by atoms with E-state index in [4.69, 9.17) is 5.73 Å². The molecule has 0 fully saturated rings. The molecule has 0 bridgehead atoms. The molecule has 0 atom stereocenters. The third-order valence-corrected chi connectivity index (χ3v) is 2.89. The Labute approximate surface area is 80.3 Å². The Bertz CT molecular complexity index is 236. The van der Waals surface area contributed by atoms with E-state index in [0.717, 1.165) is 6.42 Å². The Hall–Kier alpha value is -0.170. The van der Waals surface area contributed by atoms with Crippen LogP contribution < -0.4 is 15.2 Å². The second-order valence-corrected chi connectivity index (χ2v) is 5.44. The Balaban J connectivity index is 4.01. The fourth-order valence-corrected chi connectivity index (χ4v) is 1.57. The second-order valence-electron chi connectivity index (χ2n) is 3.73. The first-order chi connectivity index (χ1) is 5.83. The van der Waals surface area contributed by atoms with Crippen LogP contribution in [0.5, 0.6) is 0 Å². The maximum Gasteiger partial charge on any atom is 0.276 e. The quantitative estimate of drug-likeness (QED) is 0.547. The van der Waals surface area contributed by atoms with Gasteiger partial charge in [0.05, 0.1) is 0 Å². The van der Waals surface area contributed by atoms with E-state index in [1.54, 1.807) is 0 Å². The largest absolute Gasteiger partial charge is 0.330 e. The predicted octanol–water partition coefficient (Wildman–Crippen LogP) is -0.585. The third-order valence-electron chi connectivity index (χ3n) is 1.83. The van der Waals surface area contributed by atoms with Gasteiger partial charge < -0.3 is 5.73 Å². The molecule has 0 aliphatic heterocycles. The minimum atomic E-state index is -3.31. The zero-order valence-electron chi connectivity index (χ0n) is 8.42. The van der Waals surface area contributed by atoms with Crippen LogP contribution in [0.15, 0.2) is 0 Å². The summed E-state index contributed by atoms with van der Waals surface area (Å²) < 4.78 is 26.6. The lowest BCUT2D eigenvalue weighted by Gasteiger charge is -2.23. The predicted molar refractivity (Wildman–Crippen MR) is 53.4 cm³/mol. The first-order valence-electron chi connectivity index (χ1n) is 4.21. The van der Waals surface area contributed by atoms with Crippen molar-refractivity contribution in [2.45, 2.75) is 20.3 Å². The third kappa shape index (κ3) is 5.98. The Kier molecular flexibility index (Phi) is 4.83. The minimum Gasteiger partial charge on any atom is -0.330 e. The molecule has 0 saturated heterocycles. The maximum absolute atomic E-state index is 11.0. The average molecular weight is 209 g/mol. The first kappa shape index (κ1) is 12.8. The summed E-state index contributed by atoms with van der Waals surface area (Å²) in [6.45, 7) is 4.90. The van der Waals surface area contributed by atoms with Crippen LogP contribution in [0.1, 0.15) is 20.3 Å². The van der Waals surface area contributed by atoms with E-state index in [1.165, 1.54) is 7.05 Å². The molecular formula is C7H19N3O2S. The van der Waals surface area contributed by atoms with Crippen molar-refractivity contribution in [3.8, 4) is 0 Å². The van der Waals surface area contributed by atoms with Crippen LogP contribution in [-0.2, 0) is 10.2 Å². The van der Waals surface area contributed by atoms with Crippen LogP contribution in [0.3, 0.4) is 0 Å². The van der Waals surface area contributed by atoms with Gasteiger partial charge in [0.1, 0.15) is 0 Å². The molecule has 6 heteroatoms. The number of nitrogens with one attached hydrogen (secondary N) is 2. The molecule has 0 unspecified atom stereocenters.